The molecule has 1 aromatic carbocycles. The summed E-state index contributed by atoms with van der Waals surface area (Å²) in [6, 6.07) is 5.05. The lowest BCUT2D eigenvalue weighted by molar-refractivity contribution is 0.0576. The lowest BCUT2D eigenvalue weighted by Gasteiger charge is -2.28. The van der Waals surface area contributed by atoms with Gasteiger partial charge in [-0.05, 0) is 39.3 Å². The molecule has 0 spiro atoms. The molecular weight excluding hydrogens is 230 g/mol. The predicted molar refractivity (Wildman–Crippen MR) is 70.7 cm³/mol. The van der Waals surface area contributed by atoms with E-state index in [9.17, 15) is 15.0 Å². The van der Waals surface area contributed by atoms with Gasteiger partial charge < -0.3 is 15.1 Å². The third-order valence-corrected chi connectivity index (χ3v) is 2.81. The summed E-state index contributed by atoms with van der Waals surface area (Å²) < 4.78 is 0. The second kappa shape index (κ2) is 5.87. The highest BCUT2D eigenvalue weighted by Crippen LogP contribution is 2.23. The number of hydrogen-bond acceptors (Lipinski definition) is 3. The fraction of sp³-hybridized carbons (Fsp3) is 0.500. The van der Waals surface area contributed by atoms with Gasteiger partial charge >= 0.3 is 0 Å². The van der Waals surface area contributed by atoms with E-state index in [4.69, 9.17) is 0 Å². The molecule has 0 saturated heterocycles. The van der Waals surface area contributed by atoms with Crippen LogP contribution >= 0.6 is 0 Å². The van der Waals surface area contributed by atoms with E-state index >= 15 is 0 Å². The molecule has 0 bridgehead atoms. The van der Waals surface area contributed by atoms with Crippen molar-refractivity contribution in [2.75, 3.05) is 6.54 Å². The molecule has 1 rings (SSSR count). The fourth-order valence-corrected chi connectivity index (χ4v) is 1.80. The summed E-state index contributed by atoms with van der Waals surface area (Å²) in [5, 5.41) is 19.4. The monoisotopic (exact) mass is 251 g/mol. The number of hydrogen-bond donors (Lipinski definition) is 2. The van der Waals surface area contributed by atoms with Crippen LogP contribution in [0.15, 0.2) is 18.2 Å². The van der Waals surface area contributed by atoms with Crippen molar-refractivity contribution in [3.05, 3.63) is 29.3 Å². The van der Waals surface area contributed by atoms with Crippen molar-refractivity contribution in [2.24, 2.45) is 0 Å². The summed E-state index contributed by atoms with van der Waals surface area (Å²) in [5.41, 5.74) is 0.950. The van der Waals surface area contributed by atoms with Crippen LogP contribution < -0.4 is 0 Å². The highest BCUT2D eigenvalue weighted by molar-refractivity contribution is 5.97. The van der Waals surface area contributed by atoms with Gasteiger partial charge in [-0.25, -0.2) is 0 Å². The molecule has 100 valence electrons. The molecule has 1 unspecified atom stereocenters. The van der Waals surface area contributed by atoms with Crippen LogP contribution in [0, 0.1) is 6.92 Å². The number of rotatable bonds is 4. The average Bonchev–Trinajstić information content (AvgIpc) is 2.28. The number of phenols is 1. The van der Waals surface area contributed by atoms with Crippen LogP contribution in [0.5, 0.6) is 5.75 Å². The minimum Gasteiger partial charge on any atom is -0.507 e. The predicted octanol–water partition coefficient (Wildman–Crippen LogP) is 1.93. The van der Waals surface area contributed by atoms with Crippen LogP contribution in [0.25, 0.3) is 0 Å². The zero-order valence-corrected chi connectivity index (χ0v) is 11.3. The Labute approximate surface area is 108 Å². The summed E-state index contributed by atoms with van der Waals surface area (Å²) >= 11 is 0. The van der Waals surface area contributed by atoms with Gasteiger partial charge in [-0.1, -0.05) is 12.1 Å². The second-order valence-electron chi connectivity index (χ2n) is 4.87. The zero-order chi connectivity index (χ0) is 13.9. The smallest absolute Gasteiger partial charge is 0.257 e. The maximum absolute atomic E-state index is 12.3. The highest BCUT2D eigenvalue weighted by atomic mass is 16.3. The van der Waals surface area contributed by atoms with E-state index in [1.54, 1.807) is 36.9 Å². The lowest BCUT2D eigenvalue weighted by atomic mass is 10.1. The van der Waals surface area contributed by atoms with Gasteiger partial charge in [0.2, 0.25) is 0 Å². The maximum Gasteiger partial charge on any atom is 0.257 e. The van der Waals surface area contributed by atoms with Gasteiger partial charge in [0.25, 0.3) is 5.91 Å². The first-order valence-corrected chi connectivity index (χ1v) is 6.12. The molecule has 1 amide bonds. The number of aromatic hydroxyl groups is 1. The fourth-order valence-electron chi connectivity index (χ4n) is 1.80. The molecule has 2 N–H and O–H groups in total. The van der Waals surface area contributed by atoms with E-state index in [0.717, 1.165) is 0 Å². The third kappa shape index (κ3) is 3.23. The van der Waals surface area contributed by atoms with Gasteiger partial charge in [-0.15, -0.1) is 0 Å². The number of aryl methyl sites for hydroxylation is 1. The number of carbonyl (C=O) groups excluding carboxylic acids is 1. The van der Waals surface area contributed by atoms with Crippen LogP contribution in [-0.2, 0) is 0 Å². The number of carbonyl (C=O) groups is 1. The van der Waals surface area contributed by atoms with Gasteiger partial charge in [-0.2, -0.15) is 0 Å². The van der Waals surface area contributed by atoms with Crippen molar-refractivity contribution in [3.63, 3.8) is 0 Å². The first-order valence-electron chi connectivity index (χ1n) is 6.12. The standard InChI is InChI=1S/C14H21NO3/c1-9(2)15(8-11(4)16)14(18)12-7-5-6-10(3)13(12)17/h5-7,9,11,16-17H,8H2,1-4H3. The Balaban J connectivity index is 3.06. The minimum absolute atomic E-state index is 0.0127. The summed E-state index contributed by atoms with van der Waals surface area (Å²) in [6.07, 6.45) is -0.594. The van der Waals surface area contributed by atoms with E-state index in [2.05, 4.69) is 0 Å². The van der Waals surface area contributed by atoms with Crippen LogP contribution in [0.1, 0.15) is 36.7 Å². The van der Waals surface area contributed by atoms with Crippen LogP contribution in [0.4, 0.5) is 0 Å². The van der Waals surface area contributed by atoms with E-state index < -0.39 is 6.10 Å². The molecule has 0 aliphatic heterocycles. The molecule has 0 aliphatic carbocycles. The number of aliphatic hydroxyl groups excluding tert-OH is 1. The van der Waals surface area contributed by atoms with E-state index in [1.807, 2.05) is 13.8 Å². The van der Waals surface area contributed by atoms with Gasteiger partial charge in [0.05, 0.1) is 11.7 Å². The van der Waals surface area contributed by atoms with Gasteiger partial charge in [0.1, 0.15) is 5.75 Å². The highest BCUT2D eigenvalue weighted by Gasteiger charge is 2.23. The molecule has 0 aromatic heterocycles. The normalized spacial score (nSPS) is 12.6. The zero-order valence-electron chi connectivity index (χ0n) is 11.3. The molecule has 0 aliphatic rings. The van der Waals surface area contributed by atoms with Crippen LogP contribution in [0.3, 0.4) is 0 Å². The molecule has 1 aromatic rings. The second-order valence-corrected chi connectivity index (χ2v) is 4.87. The van der Waals surface area contributed by atoms with Crippen molar-refractivity contribution < 1.29 is 15.0 Å². The van der Waals surface area contributed by atoms with Crippen LogP contribution in [0.2, 0.25) is 0 Å². The largest absolute Gasteiger partial charge is 0.507 e. The van der Waals surface area contributed by atoms with Crippen molar-refractivity contribution in [3.8, 4) is 5.75 Å². The molecular formula is C14H21NO3. The number of phenolic OH excluding ortho intramolecular Hbond substituents is 1. The molecule has 18 heavy (non-hydrogen) atoms. The Kier molecular flexibility index (Phi) is 4.73. The summed E-state index contributed by atoms with van der Waals surface area (Å²) in [7, 11) is 0. The summed E-state index contributed by atoms with van der Waals surface area (Å²) in [5.74, 6) is -0.245. The Bertz CT molecular complexity index is 427. The first kappa shape index (κ1) is 14.5. The number of aliphatic hydroxyl groups is 1. The number of para-hydroxylation sites is 1. The Morgan fingerprint density at radius 3 is 2.44 bits per heavy atom. The van der Waals surface area contributed by atoms with Gasteiger partial charge in [0, 0.05) is 12.6 Å². The van der Waals surface area contributed by atoms with E-state index in [1.165, 1.54) is 0 Å². The number of nitrogens with zero attached hydrogens (tertiary/aromatic N) is 1. The quantitative estimate of drug-likeness (QED) is 0.859. The molecule has 1 atom stereocenters. The van der Waals surface area contributed by atoms with E-state index in [0.29, 0.717) is 5.56 Å². The Morgan fingerprint density at radius 2 is 1.94 bits per heavy atom. The average molecular weight is 251 g/mol. The van der Waals surface area contributed by atoms with Gasteiger partial charge in [0.15, 0.2) is 0 Å². The van der Waals surface area contributed by atoms with Crippen molar-refractivity contribution in [2.45, 2.75) is 39.8 Å². The Morgan fingerprint density at radius 1 is 1.33 bits per heavy atom. The van der Waals surface area contributed by atoms with Crippen molar-refractivity contribution in [1.82, 2.24) is 4.90 Å². The molecule has 4 heteroatoms. The number of benzene rings is 1. The third-order valence-electron chi connectivity index (χ3n) is 2.81. The van der Waals surface area contributed by atoms with Crippen molar-refractivity contribution >= 4 is 5.91 Å². The van der Waals surface area contributed by atoms with Crippen LogP contribution in [-0.4, -0.2) is 39.7 Å². The molecule has 0 heterocycles. The minimum atomic E-state index is -0.594. The topological polar surface area (TPSA) is 60.8 Å². The molecule has 0 fully saturated rings. The maximum atomic E-state index is 12.3. The molecule has 0 saturated carbocycles. The van der Waals surface area contributed by atoms with Crippen molar-refractivity contribution in [1.29, 1.82) is 0 Å². The SMILES string of the molecule is Cc1cccc(C(=O)N(CC(C)O)C(C)C)c1O. The van der Waals surface area contributed by atoms with E-state index in [-0.39, 0.29) is 29.8 Å². The Hall–Kier alpha value is -1.55. The summed E-state index contributed by atoms with van der Waals surface area (Å²) in [4.78, 5) is 13.9. The number of amides is 1. The molecule has 0 radical (unpaired) electrons. The first-order chi connectivity index (χ1) is 8.34. The lowest BCUT2D eigenvalue weighted by Crippen LogP contribution is -2.41. The summed E-state index contributed by atoms with van der Waals surface area (Å²) in [6.45, 7) is 7.41. The van der Waals surface area contributed by atoms with Gasteiger partial charge in [-0.3, -0.25) is 4.79 Å². The molecule has 4 nitrogen and oxygen atoms in total.